The standard InChI is InChI=1S/C22H48NO/c1-5-6-7-8-9-10-11-12-13-14-15-16-17-18-19-20-21-24-22-23(2,3)4/h5-22H2,1-4H3/q+1. The van der Waals surface area contributed by atoms with Crippen molar-refractivity contribution in [2.75, 3.05) is 34.5 Å². The van der Waals surface area contributed by atoms with Crippen molar-refractivity contribution in [1.29, 1.82) is 0 Å². The smallest absolute Gasteiger partial charge is 0.182 e. The Balaban J connectivity index is 3.00. The molecule has 0 aliphatic carbocycles. The van der Waals surface area contributed by atoms with Gasteiger partial charge in [0.1, 0.15) is 0 Å². The van der Waals surface area contributed by atoms with Gasteiger partial charge < -0.3 is 9.22 Å². The van der Waals surface area contributed by atoms with Crippen LogP contribution in [-0.4, -0.2) is 39.0 Å². The Morgan fingerprint density at radius 2 is 0.833 bits per heavy atom. The first-order valence-electron chi connectivity index (χ1n) is 10.9. The van der Waals surface area contributed by atoms with Crippen molar-refractivity contribution in [3.63, 3.8) is 0 Å². The van der Waals surface area contributed by atoms with Gasteiger partial charge in [-0.15, -0.1) is 0 Å². The third kappa shape index (κ3) is 21.9. The first-order valence-corrected chi connectivity index (χ1v) is 10.9. The van der Waals surface area contributed by atoms with Crippen LogP contribution in [0.4, 0.5) is 0 Å². The summed E-state index contributed by atoms with van der Waals surface area (Å²) >= 11 is 0. The highest BCUT2D eigenvalue weighted by Gasteiger charge is 2.05. The fourth-order valence-corrected chi connectivity index (χ4v) is 3.09. The number of hydrogen-bond acceptors (Lipinski definition) is 1. The van der Waals surface area contributed by atoms with E-state index in [0.29, 0.717) is 0 Å². The van der Waals surface area contributed by atoms with Crippen LogP contribution in [0.15, 0.2) is 0 Å². The van der Waals surface area contributed by atoms with E-state index in [4.69, 9.17) is 4.74 Å². The molecule has 0 fully saturated rings. The molecule has 0 aromatic rings. The lowest BCUT2D eigenvalue weighted by Gasteiger charge is -2.23. The van der Waals surface area contributed by atoms with Crippen LogP contribution in [0.3, 0.4) is 0 Å². The molecule has 0 amide bonds. The van der Waals surface area contributed by atoms with Crippen LogP contribution < -0.4 is 0 Å². The van der Waals surface area contributed by atoms with E-state index in [0.717, 1.165) is 17.8 Å². The van der Waals surface area contributed by atoms with E-state index in [-0.39, 0.29) is 0 Å². The van der Waals surface area contributed by atoms with Crippen molar-refractivity contribution in [2.45, 2.75) is 110 Å². The van der Waals surface area contributed by atoms with Gasteiger partial charge >= 0.3 is 0 Å². The molecule has 146 valence electrons. The highest BCUT2D eigenvalue weighted by atomic mass is 16.5. The second-order valence-electron chi connectivity index (χ2n) is 8.63. The Bertz CT molecular complexity index is 235. The van der Waals surface area contributed by atoms with Crippen molar-refractivity contribution in [3.05, 3.63) is 0 Å². The van der Waals surface area contributed by atoms with Crippen LogP contribution in [0.25, 0.3) is 0 Å². The van der Waals surface area contributed by atoms with Gasteiger partial charge in [-0.25, -0.2) is 0 Å². The van der Waals surface area contributed by atoms with E-state index in [9.17, 15) is 0 Å². The number of rotatable bonds is 19. The first-order chi connectivity index (χ1) is 11.6. The second kappa shape index (κ2) is 17.7. The van der Waals surface area contributed by atoms with Gasteiger partial charge in [0, 0.05) is 0 Å². The number of hydrogen-bond donors (Lipinski definition) is 0. The zero-order valence-electron chi connectivity index (χ0n) is 17.6. The zero-order valence-corrected chi connectivity index (χ0v) is 17.6. The first kappa shape index (κ1) is 23.9. The molecule has 0 unspecified atom stereocenters. The largest absolute Gasteiger partial charge is 0.332 e. The van der Waals surface area contributed by atoms with Crippen molar-refractivity contribution in [1.82, 2.24) is 0 Å². The molecule has 24 heavy (non-hydrogen) atoms. The van der Waals surface area contributed by atoms with E-state index < -0.39 is 0 Å². The lowest BCUT2D eigenvalue weighted by atomic mass is 10.0. The van der Waals surface area contributed by atoms with Crippen molar-refractivity contribution < 1.29 is 9.22 Å². The third-order valence-corrected chi connectivity index (χ3v) is 4.62. The molecule has 0 saturated carbocycles. The fraction of sp³-hybridized carbons (Fsp3) is 1.00. The molecule has 2 heteroatoms. The molecule has 2 nitrogen and oxygen atoms in total. The van der Waals surface area contributed by atoms with Crippen molar-refractivity contribution in [2.24, 2.45) is 0 Å². The molecule has 0 aliphatic heterocycles. The van der Waals surface area contributed by atoms with Crippen LogP contribution in [0, 0.1) is 0 Å². The Morgan fingerprint density at radius 1 is 0.500 bits per heavy atom. The number of ether oxygens (including phenoxy) is 1. The van der Waals surface area contributed by atoms with Crippen LogP contribution in [0.1, 0.15) is 110 Å². The van der Waals surface area contributed by atoms with Crippen LogP contribution in [0.5, 0.6) is 0 Å². The minimum absolute atomic E-state index is 0.832. The van der Waals surface area contributed by atoms with E-state index in [1.54, 1.807) is 0 Å². The maximum Gasteiger partial charge on any atom is 0.182 e. The minimum Gasteiger partial charge on any atom is -0.332 e. The van der Waals surface area contributed by atoms with Gasteiger partial charge in [-0.1, -0.05) is 103 Å². The molecular formula is C22H48NO+. The summed E-state index contributed by atoms with van der Waals surface area (Å²) < 4.78 is 6.59. The average molecular weight is 343 g/mol. The van der Waals surface area contributed by atoms with Gasteiger partial charge in [-0.05, 0) is 6.42 Å². The average Bonchev–Trinajstić information content (AvgIpc) is 2.52. The summed E-state index contributed by atoms with van der Waals surface area (Å²) in [7, 11) is 6.52. The Morgan fingerprint density at radius 3 is 1.17 bits per heavy atom. The molecule has 0 saturated heterocycles. The van der Waals surface area contributed by atoms with Gasteiger partial charge in [0.25, 0.3) is 0 Å². The summed E-state index contributed by atoms with van der Waals surface area (Å²) in [5, 5.41) is 0. The number of unbranched alkanes of at least 4 members (excludes halogenated alkanes) is 15. The predicted octanol–water partition coefficient (Wildman–Crippen LogP) is 6.93. The Hall–Kier alpha value is -0.0800. The van der Waals surface area contributed by atoms with E-state index in [1.165, 1.54) is 103 Å². The quantitative estimate of drug-likeness (QED) is 0.140. The van der Waals surface area contributed by atoms with Gasteiger partial charge in [-0.3, -0.25) is 0 Å². The second-order valence-corrected chi connectivity index (χ2v) is 8.63. The van der Waals surface area contributed by atoms with E-state index >= 15 is 0 Å². The molecule has 0 radical (unpaired) electrons. The predicted molar refractivity (Wildman–Crippen MR) is 108 cm³/mol. The summed E-state index contributed by atoms with van der Waals surface area (Å²) in [6.45, 7) is 4.06. The summed E-state index contributed by atoms with van der Waals surface area (Å²) in [5.74, 6) is 0. The Kier molecular flexibility index (Phi) is 17.7. The van der Waals surface area contributed by atoms with Gasteiger partial charge in [0.05, 0.1) is 27.7 Å². The summed E-state index contributed by atoms with van der Waals surface area (Å²) in [5.41, 5.74) is 0. The molecule has 0 atom stereocenters. The summed E-state index contributed by atoms with van der Waals surface area (Å²) in [4.78, 5) is 0. The molecule has 0 aliphatic rings. The highest BCUT2D eigenvalue weighted by Crippen LogP contribution is 2.13. The lowest BCUT2D eigenvalue weighted by Crippen LogP contribution is -2.36. The molecule has 0 rings (SSSR count). The third-order valence-electron chi connectivity index (χ3n) is 4.62. The van der Waals surface area contributed by atoms with Gasteiger partial charge in [0.15, 0.2) is 6.73 Å². The van der Waals surface area contributed by atoms with Crippen LogP contribution in [0.2, 0.25) is 0 Å². The number of nitrogens with zero attached hydrogens (tertiary/aromatic N) is 1. The highest BCUT2D eigenvalue weighted by molar-refractivity contribution is 4.49. The fourth-order valence-electron chi connectivity index (χ4n) is 3.09. The minimum atomic E-state index is 0.832. The topological polar surface area (TPSA) is 9.23 Å². The molecule has 0 spiro atoms. The summed E-state index contributed by atoms with van der Waals surface area (Å²) in [6.07, 6.45) is 22.8. The van der Waals surface area contributed by atoms with Crippen LogP contribution >= 0.6 is 0 Å². The molecule has 0 aromatic carbocycles. The summed E-state index contributed by atoms with van der Waals surface area (Å²) in [6, 6.07) is 0. The zero-order chi connectivity index (χ0) is 17.9. The monoisotopic (exact) mass is 342 g/mol. The molecule has 0 N–H and O–H groups in total. The normalized spacial score (nSPS) is 12.0. The van der Waals surface area contributed by atoms with Crippen molar-refractivity contribution in [3.8, 4) is 0 Å². The SMILES string of the molecule is CCCCCCCCCCCCCCCCCCOC[N+](C)(C)C. The van der Waals surface area contributed by atoms with E-state index in [2.05, 4.69) is 28.1 Å². The Labute approximate surface area is 153 Å². The van der Waals surface area contributed by atoms with E-state index in [1.807, 2.05) is 0 Å². The molecule has 0 aromatic heterocycles. The number of quaternary nitrogens is 1. The van der Waals surface area contributed by atoms with Crippen molar-refractivity contribution >= 4 is 0 Å². The van der Waals surface area contributed by atoms with Crippen LogP contribution in [-0.2, 0) is 4.74 Å². The van der Waals surface area contributed by atoms with Gasteiger partial charge in [0.2, 0.25) is 0 Å². The molecule has 0 heterocycles. The molecule has 0 bridgehead atoms. The lowest BCUT2D eigenvalue weighted by molar-refractivity contribution is -0.890. The maximum absolute atomic E-state index is 5.69. The maximum atomic E-state index is 5.69. The van der Waals surface area contributed by atoms with Gasteiger partial charge in [-0.2, -0.15) is 0 Å². The molecular weight excluding hydrogens is 294 g/mol.